The summed E-state index contributed by atoms with van der Waals surface area (Å²) in [5, 5.41) is 4.81. The predicted octanol–water partition coefficient (Wildman–Crippen LogP) is 3.84. The Morgan fingerprint density at radius 2 is 1.90 bits per heavy atom. The van der Waals surface area contributed by atoms with E-state index >= 15 is 0 Å². The van der Waals surface area contributed by atoms with E-state index in [-0.39, 0.29) is 0 Å². The second kappa shape index (κ2) is 6.02. The van der Waals surface area contributed by atoms with Crippen molar-refractivity contribution in [2.75, 3.05) is 19.4 Å². The van der Waals surface area contributed by atoms with E-state index < -0.39 is 0 Å². The normalized spacial score (nSPS) is 11.2. The molecule has 0 unspecified atom stereocenters. The molecule has 0 aliphatic carbocycles. The number of nitrogens with one attached hydrogen (secondary N) is 2. The predicted molar refractivity (Wildman–Crippen MR) is 89.5 cm³/mol. The molecule has 3 aromatic rings. The Kier molecular flexibility index (Phi) is 3.93. The fourth-order valence-corrected chi connectivity index (χ4v) is 2.58. The van der Waals surface area contributed by atoms with Crippen LogP contribution >= 0.6 is 0 Å². The summed E-state index contributed by atoms with van der Waals surface area (Å²) in [6.07, 6.45) is 1.98. The zero-order valence-electron chi connectivity index (χ0n) is 12.6. The van der Waals surface area contributed by atoms with Crippen LogP contribution in [0.2, 0.25) is 0 Å². The lowest BCUT2D eigenvalue weighted by atomic mass is 10.1. The van der Waals surface area contributed by atoms with Gasteiger partial charge in [-0.3, -0.25) is 0 Å². The summed E-state index contributed by atoms with van der Waals surface area (Å²) >= 11 is 0. The molecule has 3 rings (SSSR count). The Morgan fingerprint density at radius 1 is 1.05 bits per heavy atom. The van der Waals surface area contributed by atoms with Crippen LogP contribution in [0, 0.1) is 0 Å². The molecule has 2 aromatic carbocycles. The molecule has 0 aliphatic rings. The Hall–Kier alpha value is -2.26. The van der Waals surface area contributed by atoms with Gasteiger partial charge in [0.25, 0.3) is 0 Å². The largest absolute Gasteiger partial charge is 0.381 e. The van der Waals surface area contributed by atoms with Crippen LogP contribution in [0.3, 0.4) is 0 Å². The quantitative estimate of drug-likeness (QED) is 0.743. The van der Waals surface area contributed by atoms with Gasteiger partial charge in [0.2, 0.25) is 0 Å². The van der Waals surface area contributed by atoms with Crippen LogP contribution in [0.1, 0.15) is 11.1 Å². The molecule has 1 aromatic heterocycles. The van der Waals surface area contributed by atoms with E-state index in [0.717, 1.165) is 13.1 Å². The zero-order chi connectivity index (χ0) is 14.7. The highest BCUT2D eigenvalue weighted by Gasteiger charge is 2.03. The third-order valence-corrected chi connectivity index (χ3v) is 3.60. The lowest BCUT2D eigenvalue weighted by molar-refractivity contribution is 0.403. The van der Waals surface area contributed by atoms with Crippen LogP contribution in [0.4, 0.5) is 5.69 Å². The van der Waals surface area contributed by atoms with Crippen LogP contribution in [0.25, 0.3) is 10.9 Å². The van der Waals surface area contributed by atoms with E-state index in [1.54, 1.807) is 0 Å². The van der Waals surface area contributed by atoms with Crippen molar-refractivity contribution >= 4 is 16.6 Å². The molecule has 21 heavy (non-hydrogen) atoms. The molecule has 0 fully saturated rings. The van der Waals surface area contributed by atoms with Gasteiger partial charge in [-0.1, -0.05) is 24.3 Å². The summed E-state index contributed by atoms with van der Waals surface area (Å²) in [5.41, 5.74) is 5.01. The van der Waals surface area contributed by atoms with Crippen molar-refractivity contribution in [3.63, 3.8) is 0 Å². The van der Waals surface area contributed by atoms with Crippen LogP contribution in [-0.4, -0.2) is 24.0 Å². The number of benzene rings is 2. The van der Waals surface area contributed by atoms with Gasteiger partial charge in [0.05, 0.1) is 0 Å². The van der Waals surface area contributed by atoms with Crippen molar-refractivity contribution in [2.45, 2.75) is 13.1 Å². The van der Waals surface area contributed by atoms with Crippen molar-refractivity contribution < 1.29 is 0 Å². The minimum absolute atomic E-state index is 0.839. The van der Waals surface area contributed by atoms with Crippen LogP contribution in [0.5, 0.6) is 0 Å². The summed E-state index contributed by atoms with van der Waals surface area (Å²) in [6, 6.07) is 17.1. The van der Waals surface area contributed by atoms with Crippen LogP contribution in [-0.2, 0) is 13.1 Å². The highest BCUT2D eigenvalue weighted by atomic mass is 15.1. The average Bonchev–Trinajstić information content (AvgIpc) is 2.93. The average molecular weight is 279 g/mol. The van der Waals surface area contributed by atoms with Gasteiger partial charge in [0.1, 0.15) is 0 Å². The Morgan fingerprint density at radius 3 is 2.76 bits per heavy atom. The Bertz CT molecular complexity index is 728. The maximum absolute atomic E-state index is 3.55. The molecule has 2 N–H and O–H groups in total. The number of hydrogen-bond acceptors (Lipinski definition) is 2. The summed E-state index contributed by atoms with van der Waals surface area (Å²) in [7, 11) is 4.19. The molecule has 0 atom stereocenters. The van der Waals surface area contributed by atoms with E-state index in [1.165, 1.54) is 27.7 Å². The molecule has 0 radical (unpaired) electrons. The van der Waals surface area contributed by atoms with Crippen molar-refractivity contribution in [2.24, 2.45) is 0 Å². The standard InChI is InChI=1S/C18H21N3/c1-21(2)13-16-5-3-4-6-17(16)20-12-14-7-8-18-15(11-14)9-10-19-18/h3-11,19-20H,12-13H2,1-2H3. The van der Waals surface area contributed by atoms with Gasteiger partial charge < -0.3 is 15.2 Å². The van der Waals surface area contributed by atoms with Gasteiger partial charge >= 0.3 is 0 Å². The maximum Gasteiger partial charge on any atom is 0.0454 e. The van der Waals surface area contributed by atoms with Crippen molar-refractivity contribution in [3.05, 3.63) is 65.9 Å². The van der Waals surface area contributed by atoms with Gasteiger partial charge in [-0.15, -0.1) is 0 Å². The maximum atomic E-state index is 3.55. The molecule has 3 nitrogen and oxygen atoms in total. The molecular weight excluding hydrogens is 258 g/mol. The second-order valence-electron chi connectivity index (χ2n) is 5.65. The first kappa shape index (κ1) is 13.7. The van der Waals surface area contributed by atoms with Crippen LogP contribution < -0.4 is 5.32 Å². The molecule has 108 valence electrons. The summed E-state index contributed by atoms with van der Waals surface area (Å²) < 4.78 is 0. The highest BCUT2D eigenvalue weighted by molar-refractivity contribution is 5.80. The van der Waals surface area contributed by atoms with Gasteiger partial charge in [-0.2, -0.15) is 0 Å². The summed E-state index contributed by atoms with van der Waals surface area (Å²) in [5.74, 6) is 0. The number of fused-ring (bicyclic) bond motifs is 1. The van der Waals surface area contributed by atoms with Crippen LogP contribution in [0.15, 0.2) is 54.7 Å². The monoisotopic (exact) mass is 279 g/mol. The lowest BCUT2D eigenvalue weighted by Gasteiger charge is -2.15. The van der Waals surface area contributed by atoms with Crippen molar-refractivity contribution in [3.8, 4) is 0 Å². The van der Waals surface area contributed by atoms with Gasteiger partial charge in [0, 0.05) is 30.5 Å². The third kappa shape index (κ3) is 3.26. The molecule has 0 aliphatic heterocycles. The minimum Gasteiger partial charge on any atom is -0.381 e. The number of aromatic nitrogens is 1. The van der Waals surface area contributed by atoms with E-state index in [4.69, 9.17) is 0 Å². The van der Waals surface area contributed by atoms with Crippen molar-refractivity contribution in [1.82, 2.24) is 9.88 Å². The van der Waals surface area contributed by atoms with Gasteiger partial charge in [0.15, 0.2) is 0 Å². The molecule has 0 spiro atoms. The SMILES string of the molecule is CN(C)Cc1ccccc1NCc1ccc2[nH]ccc2c1. The molecule has 0 bridgehead atoms. The Labute approximate surface area is 125 Å². The fourth-order valence-electron chi connectivity index (χ4n) is 2.58. The van der Waals surface area contributed by atoms with E-state index in [0.29, 0.717) is 0 Å². The first-order valence-corrected chi connectivity index (χ1v) is 7.25. The molecule has 3 heteroatoms. The summed E-state index contributed by atoms with van der Waals surface area (Å²) in [6.45, 7) is 1.78. The fraction of sp³-hybridized carbons (Fsp3) is 0.222. The number of rotatable bonds is 5. The molecule has 1 heterocycles. The number of hydrogen-bond donors (Lipinski definition) is 2. The Balaban J connectivity index is 1.74. The van der Waals surface area contributed by atoms with E-state index in [1.807, 2.05) is 6.20 Å². The van der Waals surface area contributed by atoms with Crippen molar-refractivity contribution in [1.29, 1.82) is 0 Å². The van der Waals surface area contributed by atoms with E-state index in [2.05, 4.69) is 77.8 Å². The number of aromatic amines is 1. The number of para-hydroxylation sites is 1. The highest BCUT2D eigenvalue weighted by Crippen LogP contribution is 2.19. The lowest BCUT2D eigenvalue weighted by Crippen LogP contribution is -2.12. The number of anilines is 1. The smallest absolute Gasteiger partial charge is 0.0454 e. The van der Waals surface area contributed by atoms with E-state index in [9.17, 15) is 0 Å². The molecule has 0 saturated heterocycles. The first-order chi connectivity index (χ1) is 10.2. The molecular formula is C18H21N3. The molecule has 0 saturated carbocycles. The third-order valence-electron chi connectivity index (χ3n) is 3.60. The van der Waals surface area contributed by atoms with Gasteiger partial charge in [-0.05, 0) is 54.9 Å². The minimum atomic E-state index is 0.839. The zero-order valence-corrected chi connectivity index (χ0v) is 12.6. The first-order valence-electron chi connectivity index (χ1n) is 7.25. The number of nitrogens with zero attached hydrogens (tertiary/aromatic N) is 1. The van der Waals surface area contributed by atoms with Gasteiger partial charge in [-0.25, -0.2) is 0 Å². The second-order valence-corrected chi connectivity index (χ2v) is 5.65. The topological polar surface area (TPSA) is 31.1 Å². The number of H-pyrrole nitrogens is 1. The summed E-state index contributed by atoms with van der Waals surface area (Å²) in [4.78, 5) is 5.41. The molecule has 0 amide bonds.